The molecule has 1 aromatic heterocycles. The zero-order valence-corrected chi connectivity index (χ0v) is 14.1. The van der Waals surface area contributed by atoms with Crippen LogP contribution in [0.1, 0.15) is 35.8 Å². The number of amides is 1. The molecular formula is C18H22ClN3O. The topological polar surface area (TPSA) is 54.0 Å². The van der Waals surface area contributed by atoms with Crippen LogP contribution in [0.25, 0.3) is 0 Å². The second kappa shape index (κ2) is 9.16. The fraction of sp³-hybridized carbons (Fsp3) is 0.333. The molecule has 0 atom stereocenters. The highest BCUT2D eigenvalue weighted by atomic mass is 35.5. The molecule has 1 heterocycles. The van der Waals surface area contributed by atoms with Gasteiger partial charge in [0.15, 0.2) is 0 Å². The number of anilines is 1. The molecule has 0 saturated heterocycles. The third-order valence-corrected chi connectivity index (χ3v) is 3.72. The van der Waals surface area contributed by atoms with E-state index in [2.05, 4.69) is 22.5 Å². The number of hydrogen-bond donors (Lipinski definition) is 2. The highest BCUT2D eigenvalue weighted by molar-refractivity contribution is 6.30. The molecule has 0 spiro atoms. The molecule has 122 valence electrons. The fourth-order valence-electron chi connectivity index (χ4n) is 2.14. The van der Waals surface area contributed by atoms with Crippen molar-refractivity contribution >= 4 is 23.2 Å². The Morgan fingerprint density at radius 3 is 2.70 bits per heavy atom. The number of aromatic nitrogens is 1. The van der Waals surface area contributed by atoms with Gasteiger partial charge in [0.25, 0.3) is 5.91 Å². The lowest BCUT2D eigenvalue weighted by Gasteiger charge is -2.08. The third kappa shape index (κ3) is 5.91. The summed E-state index contributed by atoms with van der Waals surface area (Å²) in [6, 6.07) is 11.3. The van der Waals surface area contributed by atoms with E-state index in [-0.39, 0.29) is 5.91 Å². The van der Waals surface area contributed by atoms with Gasteiger partial charge in [-0.05, 0) is 42.7 Å². The Kier molecular flexibility index (Phi) is 6.88. The largest absolute Gasteiger partial charge is 0.385 e. The van der Waals surface area contributed by atoms with Crippen LogP contribution in [-0.2, 0) is 6.42 Å². The molecule has 2 N–H and O–H groups in total. The third-order valence-electron chi connectivity index (χ3n) is 3.46. The number of carbonyl (C=O) groups is 1. The van der Waals surface area contributed by atoms with Crippen molar-refractivity contribution in [1.82, 2.24) is 10.3 Å². The fourth-order valence-corrected chi connectivity index (χ4v) is 2.26. The summed E-state index contributed by atoms with van der Waals surface area (Å²) in [4.78, 5) is 16.3. The van der Waals surface area contributed by atoms with Gasteiger partial charge in [0.1, 0.15) is 5.69 Å². The summed E-state index contributed by atoms with van der Waals surface area (Å²) in [5.41, 5.74) is 2.50. The van der Waals surface area contributed by atoms with E-state index in [0.29, 0.717) is 12.2 Å². The summed E-state index contributed by atoms with van der Waals surface area (Å²) in [5.74, 6) is -0.155. The summed E-state index contributed by atoms with van der Waals surface area (Å²) < 4.78 is 0. The minimum absolute atomic E-state index is 0.155. The van der Waals surface area contributed by atoms with Crippen molar-refractivity contribution in [2.45, 2.75) is 26.2 Å². The van der Waals surface area contributed by atoms with Gasteiger partial charge in [-0.15, -0.1) is 0 Å². The van der Waals surface area contributed by atoms with Gasteiger partial charge in [0.2, 0.25) is 0 Å². The smallest absolute Gasteiger partial charge is 0.269 e. The standard InChI is InChI=1S/C18H22ClN3O/c1-2-3-10-20-16-9-12-21-17(13-16)18(23)22-11-8-14-4-6-15(19)7-5-14/h4-7,9,12-13H,2-3,8,10-11H2,1H3,(H,20,21)(H,22,23). The van der Waals surface area contributed by atoms with Gasteiger partial charge in [-0.25, -0.2) is 0 Å². The Morgan fingerprint density at radius 2 is 1.96 bits per heavy atom. The average Bonchev–Trinajstić information content (AvgIpc) is 2.57. The number of nitrogens with one attached hydrogen (secondary N) is 2. The van der Waals surface area contributed by atoms with E-state index in [0.717, 1.165) is 42.1 Å². The molecule has 0 fully saturated rings. The van der Waals surface area contributed by atoms with Crippen LogP contribution in [0.3, 0.4) is 0 Å². The van der Waals surface area contributed by atoms with Crippen LogP contribution in [-0.4, -0.2) is 24.0 Å². The van der Waals surface area contributed by atoms with Gasteiger partial charge in [0, 0.05) is 30.0 Å². The zero-order chi connectivity index (χ0) is 16.5. The molecule has 0 radical (unpaired) electrons. The summed E-state index contributed by atoms with van der Waals surface area (Å²) in [7, 11) is 0. The van der Waals surface area contributed by atoms with E-state index < -0.39 is 0 Å². The molecular weight excluding hydrogens is 310 g/mol. The van der Waals surface area contributed by atoms with Crippen LogP contribution in [0, 0.1) is 0 Å². The molecule has 0 aliphatic rings. The lowest BCUT2D eigenvalue weighted by molar-refractivity contribution is 0.0949. The van der Waals surface area contributed by atoms with Gasteiger partial charge in [-0.2, -0.15) is 0 Å². The van der Waals surface area contributed by atoms with Crippen molar-refractivity contribution in [3.05, 3.63) is 58.9 Å². The molecule has 2 rings (SSSR count). The van der Waals surface area contributed by atoms with Crippen molar-refractivity contribution in [2.75, 3.05) is 18.4 Å². The summed E-state index contributed by atoms with van der Waals surface area (Å²) in [5, 5.41) is 6.91. The van der Waals surface area contributed by atoms with E-state index in [1.54, 1.807) is 12.3 Å². The maximum absolute atomic E-state index is 12.1. The molecule has 0 unspecified atom stereocenters. The van der Waals surface area contributed by atoms with Crippen molar-refractivity contribution < 1.29 is 4.79 Å². The predicted molar refractivity (Wildman–Crippen MR) is 95.1 cm³/mol. The van der Waals surface area contributed by atoms with Gasteiger partial charge in [0.05, 0.1) is 0 Å². The maximum atomic E-state index is 12.1. The highest BCUT2D eigenvalue weighted by Gasteiger charge is 2.07. The Hall–Kier alpha value is -2.07. The quantitative estimate of drug-likeness (QED) is 0.721. The Labute approximate surface area is 142 Å². The zero-order valence-electron chi connectivity index (χ0n) is 13.3. The van der Waals surface area contributed by atoms with Gasteiger partial charge in [-0.1, -0.05) is 37.1 Å². The monoisotopic (exact) mass is 331 g/mol. The number of nitrogens with zero attached hydrogens (tertiary/aromatic N) is 1. The van der Waals surface area contributed by atoms with Crippen molar-refractivity contribution in [1.29, 1.82) is 0 Å². The number of pyridine rings is 1. The normalized spacial score (nSPS) is 10.3. The lowest BCUT2D eigenvalue weighted by Crippen LogP contribution is -2.26. The van der Waals surface area contributed by atoms with Gasteiger partial charge < -0.3 is 10.6 Å². The van der Waals surface area contributed by atoms with Crippen LogP contribution in [0.5, 0.6) is 0 Å². The predicted octanol–water partition coefficient (Wildman–Crippen LogP) is 3.92. The van der Waals surface area contributed by atoms with Crippen molar-refractivity contribution in [3.63, 3.8) is 0 Å². The molecule has 1 aromatic carbocycles. The van der Waals surface area contributed by atoms with E-state index in [9.17, 15) is 4.79 Å². The molecule has 4 nitrogen and oxygen atoms in total. The van der Waals surface area contributed by atoms with E-state index in [4.69, 9.17) is 11.6 Å². The van der Waals surface area contributed by atoms with Crippen molar-refractivity contribution in [2.24, 2.45) is 0 Å². The maximum Gasteiger partial charge on any atom is 0.269 e. The van der Waals surface area contributed by atoms with E-state index in [1.807, 2.05) is 30.3 Å². The molecule has 0 aliphatic carbocycles. The van der Waals surface area contributed by atoms with Crippen LogP contribution in [0.15, 0.2) is 42.6 Å². The second-order valence-corrected chi connectivity index (χ2v) is 5.78. The van der Waals surface area contributed by atoms with Crippen LogP contribution in [0.2, 0.25) is 5.02 Å². The summed E-state index contributed by atoms with van der Waals surface area (Å²) in [6.07, 6.45) is 4.65. The van der Waals surface area contributed by atoms with Gasteiger partial charge >= 0.3 is 0 Å². The first-order valence-electron chi connectivity index (χ1n) is 7.91. The molecule has 0 bridgehead atoms. The summed E-state index contributed by atoms with van der Waals surface area (Å²) >= 11 is 5.85. The molecule has 0 saturated carbocycles. The van der Waals surface area contributed by atoms with Crippen LogP contribution >= 0.6 is 11.6 Å². The van der Waals surface area contributed by atoms with E-state index >= 15 is 0 Å². The lowest BCUT2D eigenvalue weighted by atomic mass is 10.1. The summed E-state index contributed by atoms with van der Waals surface area (Å²) in [6.45, 7) is 3.61. The minimum atomic E-state index is -0.155. The molecule has 2 aromatic rings. The van der Waals surface area contributed by atoms with Crippen LogP contribution in [0.4, 0.5) is 5.69 Å². The highest BCUT2D eigenvalue weighted by Crippen LogP contribution is 2.10. The number of benzene rings is 1. The van der Waals surface area contributed by atoms with Gasteiger partial charge in [-0.3, -0.25) is 9.78 Å². The SMILES string of the molecule is CCCCNc1ccnc(C(=O)NCCc2ccc(Cl)cc2)c1. The van der Waals surface area contributed by atoms with Crippen LogP contribution < -0.4 is 10.6 Å². The first kappa shape index (κ1) is 17.3. The number of rotatable bonds is 8. The molecule has 1 amide bonds. The number of unbranched alkanes of at least 4 members (excludes halogenated alkanes) is 1. The van der Waals surface area contributed by atoms with E-state index in [1.165, 1.54) is 0 Å². The molecule has 5 heteroatoms. The first-order chi connectivity index (χ1) is 11.2. The number of hydrogen-bond acceptors (Lipinski definition) is 3. The molecule has 23 heavy (non-hydrogen) atoms. The Bertz CT molecular complexity index is 628. The second-order valence-electron chi connectivity index (χ2n) is 5.34. The average molecular weight is 332 g/mol. The molecule has 0 aliphatic heterocycles. The van der Waals surface area contributed by atoms with Crippen molar-refractivity contribution in [3.8, 4) is 0 Å². The minimum Gasteiger partial charge on any atom is -0.385 e. The Morgan fingerprint density at radius 1 is 1.17 bits per heavy atom. The Balaban J connectivity index is 1.82. The number of carbonyl (C=O) groups excluding carboxylic acids is 1. The first-order valence-corrected chi connectivity index (χ1v) is 8.29. The number of halogens is 1.